The zero-order chi connectivity index (χ0) is 18.6. The first-order valence-electron chi connectivity index (χ1n) is 9.15. The maximum Gasteiger partial charge on any atom is 0.191 e. The van der Waals surface area contributed by atoms with Crippen molar-refractivity contribution in [1.82, 2.24) is 10.6 Å². The van der Waals surface area contributed by atoms with Crippen molar-refractivity contribution >= 4 is 5.96 Å². The zero-order valence-corrected chi connectivity index (χ0v) is 15.7. The lowest BCUT2D eigenvalue weighted by Gasteiger charge is -2.19. The molecule has 0 amide bonds. The topological polar surface area (TPSA) is 64.1 Å². The Kier molecular flexibility index (Phi) is 9.38. The van der Waals surface area contributed by atoms with Gasteiger partial charge >= 0.3 is 0 Å². The summed E-state index contributed by atoms with van der Waals surface area (Å²) in [4.78, 5) is 4.20. The summed E-state index contributed by atoms with van der Waals surface area (Å²) in [5.74, 6) is 0.448. The Hall–Kier alpha value is -1.70. The van der Waals surface area contributed by atoms with Gasteiger partial charge in [-0.2, -0.15) is 0 Å². The van der Waals surface area contributed by atoms with Gasteiger partial charge in [-0.05, 0) is 37.0 Å². The fraction of sp³-hybridized carbons (Fsp3) is 0.632. The molecule has 0 radical (unpaired) electrons. The van der Waals surface area contributed by atoms with Gasteiger partial charge in [0, 0.05) is 40.5 Å². The maximum atomic E-state index is 13.0. The number of nitrogens with zero attached hydrogens (tertiary/aromatic N) is 1. The third kappa shape index (κ3) is 7.27. The lowest BCUT2D eigenvalue weighted by molar-refractivity contribution is 0.0168. The molecule has 2 N–H and O–H groups in total. The summed E-state index contributed by atoms with van der Waals surface area (Å²) in [7, 11) is 3.36. The summed E-state index contributed by atoms with van der Waals surface area (Å²) in [6.07, 6.45) is 3.22. The Morgan fingerprint density at radius 2 is 2.15 bits per heavy atom. The van der Waals surface area contributed by atoms with E-state index < -0.39 is 0 Å². The van der Waals surface area contributed by atoms with Crippen LogP contribution in [-0.2, 0) is 14.2 Å². The van der Waals surface area contributed by atoms with Crippen molar-refractivity contribution in [2.24, 2.45) is 4.99 Å². The van der Waals surface area contributed by atoms with Crippen LogP contribution in [0.3, 0.4) is 0 Å². The van der Waals surface area contributed by atoms with E-state index in [4.69, 9.17) is 14.2 Å². The van der Waals surface area contributed by atoms with Gasteiger partial charge in [-0.3, -0.25) is 4.99 Å². The number of aliphatic imine (C=N–C) groups is 1. The van der Waals surface area contributed by atoms with Crippen LogP contribution in [0.1, 0.15) is 30.9 Å². The number of hydrogen-bond donors (Lipinski definition) is 2. The second kappa shape index (κ2) is 11.8. The number of rotatable bonds is 10. The average Bonchev–Trinajstić information content (AvgIpc) is 3.18. The van der Waals surface area contributed by atoms with E-state index in [1.807, 2.05) is 0 Å². The Morgan fingerprint density at radius 1 is 1.35 bits per heavy atom. The van der Waals surface area contributed by atoms with E-state index >= 15 is 0 Å². The number of hydrogen-bond acceptors (Lipinski definition) is 4. The van der Waals surface area contributed by atoms with Crippen LogP contribution in [0.2, 0.25) is 0 Å². The number of guanidine groups is 1. The molecular weight excluding hydrogens is 337 g/mol. The van der Waals surface area contributed by atoms with Gasteiger partial charge in [-0.25, -0.2) is 4.39 Å². The highest BCUT2D eigenvalue weighted by Gasteiger charge is 2.15. The van der Waals surface area contributed by atoms with E-state index in [1.54, 1.807) is 26.3 Å². The van der Waals surface area contributed by atoms with Gasteiger partial charge in [0.15, 0.2) is 5.96 Å². The van der Waals surface area contributed by atoms with E-state index in [-0.39, 0.29) is 18.0 Å². The third-order valence-corrected chi connectivity index (χ3v) is 4.29. The van der Waals surface area contributed by atoms with E-state index in [9.17, 15) is 4.39 Å². The predicted octanol–water partition coefficient (Wildman–Crippen LogP) is 2.26. The molecule has 1 aromatic carbocycles. The lowest BCUT2D eigenvalue weighted by Crippen LogP contribution is -2.40. The van der Waals surface area contributed by atoms with Crippen molar-refractivity contribution in [2.45, 2.75) is 31.5 Å². The van der Waals surface area contributed by atoms with E-state index in [2.05, 4.69) is 15.6 Å². The number of halogens is 1. The van der Waals surface area contributed by atoms with Crippen molar-refractivity contribution in [2.75, 3.05) is 47.1 Å². The van der Waals surface area contributed by atoms with Crippen LogP contribution in [0.15, 0.2) is 29.3 Å². The first-order chi connectivity index (χ1) is 12.7. The molecule has 6 nitrogen and oxygen atoms in total. The van der Waals surface area contributed by atoms with Crippen LogP contribution in [0.5, 0.6) is 0 Å². The Morgan fingerprint density at radius 3 is 2.81 bits per heavy atom. The van der Waals surface area contributed by atoms with Gasteiger partial charge in [0.2, 0.25) is 0 Å². The van der Waals surface area contributed by atoms with Gasteiger partial charge in [0.05, 0.1) is 18.8 Å². The Balaban J connectivity index is 1.61. The quantitative estimate of drug-likeness (QED) is 0.377. The highest BCUT2D eigenvalue weighted by molar-refractivity contribution is 5.79. The zero-order valence-electron chi connectivity index (χ0n) is 15.7. The lowest BCUT2D eigenvalue weighted by atomic mass is 10.1. The standard InChI is InChI=1S/C19H30FN3O3/c1-21-19(22-10-4-11-25-14-17-5-3-12-26-17)23-13-18(24-2)15-6-8-16(20)9-7-15/h6-9,17-18H,3-5,10-14H2,1-2H3,(H2,21,22,23). The largest absolute Gasteiger partial charge is 0.379 e. The van der Waals surface area contributed by atoms with Gasteiger partial charge in [0.25, 0.3) is 0 Å². The predicted molar refractivity (Wildman–Crippen MR) is 99.9 cm³/mol. The first kappa shape index (κ1) is 20.6. The summed E-state index contributed by atoms with van der Waals surface area (Å²) < 4.78 is 29.7. The maximum absolute atomic E-state index is 13.0. The molecule has 1 fully saturated rings. The molecule has 0 saturated carbocycles. The smallest absolute Gasteiger partial charge is 0.191 e. The fourth-order valence-electron chi connectivity index (χ4n) is 2.80. The van der Waals surface area contributed by atoms with E-state index in [0.717, 1.165) is 38.0 Å². The molecule has 2 rings (SSSR count). The molecule has 0 aliphatic carbocycles. The Bertz CT molecular complexity index is 533. The molecule has 2 atom stereocenters. The van der Waals surface area contributed by atoms with Crippen LogP contribution in [0, 0.1) is 5.82 Å². The third-order valence-electron chi connectivity index (χ3n) is 4.29. The minimum absolute atomic E-state index is 0.177. The molecule has 1 aliphatic heterocycles. The Labute approximate surface area is 155 Å². The van der Waals surface area contributed by atoms with Crippen molar-refractivity contribution < 1.29 is 18.6 Å². The normalized spacial score (nSPS) is 18.7. The van der Waals surface area contributed by atoms with Crippen LogP contribution in [-0.4, -0.2) is 59.1 Å². The van der Waals surface area contributed by atoms with E-state index in [0.29, 0.717) is 25.7 Å². The molecule has 7 heteroatoms. The molecule has 0 aromatic heterocycles. The van der Waals surface area contributed by atoms with Crippen molar-refractivity contribution in [3.05, 3.63) is 35.6 Å². The fourth-order valence-corrected chi connectivity index (χ4v) is 2.80. The second-order valence-corrected chi connectivity index (χ2v) is 6.22. The summed E-state index contributed by atoms with van der Waals surface area (Å²) in [6.45, 7) is 3.54. The summed E-state index contributed by atoms with van der Waals surface area (Å²) >= 11 is 0. The van der Waals surface area contributed by atoms with Crippen LogP contribution in [0.25, 0.3) is 0 Å². The van der Waals surface area contributed by atoms with Crippen LogP contribution in [0.4, 0.5) is 4.39 Å². The summed E-state index contributed by atoms with van der Waals surface area (Å²) in [5, 5.41) is 6.48. The minimum Gasteiger partial charge on any atom is -0.379 e. The van der Waals surface area contributed by atoms with E-state index in [1.165, 1.54) is 12.1 Å². The SMILES string of the molecule is CN=C(NCCCOCC1CCCO1)NCC(OC)c1ccc(F)cc1. The molecule has 1 aromatic rings. The molecule has 2 unspecified atom stereocenters. The number of ether oxygens (including phenoxy) is 3. The molecule has 0 spiro atoms. The van der Waals surface area contributed by atoms with Crippen molar-refractivity contribution in [3.8, 4) is 0 Å². The molecule has 146 valence electrons. The molecule has 26 heavy (non-hydrogen) atoms. The monoisotopic (exact) mass is 367 g/mol. The molecular formula is C19H30FN3O3. The van der Waals surface area contributed by atoms with Gasteiger partial charge < -0.3 is 24.8 Å². The number of benzene rings is 1. The average molecular weight is 367 g/mol. The second-order valence-electron chi connectivity index (χ2n) is 6.22. The van der Waals surface area contributed by atoms with Crippen molar-refractivity contribution in [3.63, 3.8) is 0 Å². The van der Waals surface area contributed by atoms with Gasteiger partial charge in [0.1, 0.15) is 5.82 Å². The first-order valence-corrected chi connectivity index (χ1v) is 9.15. The summed E-state index contributed by atoms with van der Waals surface area (Å²) in [6, 6.07) is 6.33. The minimum atomic E-state index is -0.254. The molecule has 0 bridgehead atoms. The molecule has 1 saturated heterocycles. The van der Waals surface area contributed by atoms with Gasteiger partial charge in [-0.1, -0.05) is 12.1 Å². The molecule has 1 heterocycles. The highest BCUT2D eigenvalue weighted by atomic mass is 19.1. The van der Waals surface area contributed by atoms with Crippen molar-refractivity contribution in [1.29, 1.82) is 0 Å². The van der Waals surface area contributed by atoms with Crippen LogP contribution < -0.4 is 10.6 Å². The van der Waals surface area contributed by atoms with Crippen LogP contribution >= 0.6 is 0 Å². The number of nitrogens with one attached hydrogen (secondary N) is 2. The highest BCUT2D eigenvalue weighted by Crippen LogP contribution is 2.16. The van der Waals surface area contributed by atoms with Gasteiger partial charge in [-0.15, -0.1) is 0 Å². The molecule has 1 aliphatic rings. The number of methoxy groups -OCH3 is 1. The summed E-state index contributed by atoms with van der Waals surface area (Å²) in [5.41, 5.74) is 0.916.